The van der Waals surface area contributed by atoms with Crippen molar-refractivity contribution in [3.05, 3.63) is 65.2 Å². The lowest BCUT2D eigenvalue weighted by Gasteiger charge is -2.32. The lowest BCUT2D eigenvalue weighted by atomic mass is 10.1. The SMILES string of the molecule is COc1ccc(C2=CCN(c3ccc(Cl)cc3)P(=O)(Cl)O2)cc1. The monoisotopic (exact) mass is 369 g/mol. The fourth-order valence-corrected chi connectivity index (χ4v) is 4.26. The number of halogens is 2. The average Bonchev–Trinajstić information content (AvgIpc) is 2.55. The Labute approximate surface area is 144 Å². The lowest BCUT2D eigenvalue weighted by Crippen LogP contribution is -2.22. The maximum atomic E-state index is 12.7. The van der Waals surface area contributed by atoms with Gasteiger partial charge < -0.3 is 9.26 Å². The van der Waals surface area contributed by atoms with Crippen molar-refractivity contribution >= 4 is 41.2 Å². The third-order valence-corrected chi connectivity index (χ3v) is 5.85. The van der Waals surface area contributed by atoms with Crippen molar-refractivity contribution < 1.29 is 13.8 Å². The first-order chi connectivity index (χ1) is 11.0. The van der Waals surface area contributed by atoms with Crippen LogP contribution in [0.15, 0.2) is 54.6 Å². The molecule has 1 aliphatic heterocycles. The van der Waals surface area contributed by atoms with Crippen LogP contribution in [0.3, 0.4) is 0 Å². The van der Waals surface area contributed by atoms with Crippen LogP contribution in [0.1, 0.15) is 5.56 Å². The van der Waals surface area contributed by atoms with Crippen molar-refractivity contribution in [3.63, 3.8) is 0 Å². The highest BCUT2D eigenvalue weighted by Gasteiger charge is 2.35. The summed E-state index contributed by atoms with van der Waals surface area (Å²) >= 11 is 12.1. The number of ether oxygens (including phenoxy) is 1. The predicted octanol–water partition coefficient (Wildman–Crippen LogP) is 5.57. The maximum Gasteiger partial charge on any atom is 0.438 e. The average molecular weight is 370 g/mol. The van der Waals surface area contributed by atoms with E-state index in [1.54, 1.807) is 31.4 Å². The lowest BCUT2D eigenvalue weighted by molar-refractivity contribution is 0.414. The number of hydrogen-bond donors (Lipinski definition) is 0. The highest BCUT2D eigenvalue weighted by atomic mass is 35.7. The Bertz CT molecular complexity index is 775. The smallest absolute Gasteiger partial charge is 0.438 e. The molecule has 0 aliphatic carbocycles. The van der Waals surface area contributed by atoms with Gasteiger partial charge >= 0.3 is 6.87 Å². The fourth-order valence-electron chi connectivity index (χ4n) is 2.26. The molecule has 0 aromatic heterocycles. The van der Waals surface area contributed by atoms with Crippen LogP contribution >= 0.6 is 29.7 Å². The molecule has 0 saturated carbocycles. The Morgan fingerprint density at radius 3 is 2.35 bits per heavy atom. The summed E-state index contributed by atoms with van der Waals surface area (Å²) in [5.41, 5.74) is 1.49. The number of benzene rings is 2. The summed E-state index contributed by atoms with van der Waals surface area (Å²) in [6.45, 7) is -3.13. The van der Waals surface area contributed by atoms with Gasteiger partial charge in [-0.3, -0.25) is 4.67 Å². The van der Waals surface area contributed by atoms with E-state index in [1.165, 1.54) is 4.67 Å². The minimum Gasteiger partial charge on any atom is -0.497 e. The van der Waals surface area contributed by atoms with Gasteiger partial charge in [-0.25, -0.2) is 4.57 Å². The Hall–Kier alpha value is -1.61. The van der Waals surface area contributed by atoms with Crippen molar-refractivity contribution in [2.45, 2.75) is 0 Å². The summed E-state index contributed by atoms with van der Waals surface area (Å²) in [7, 11) is 1.60. The first-order valence-electron chi connectivity index (χ1n) is 6.87. The Kier molecular flexibility index (Phi) is 4.58. The molecule has 0 spiro atoms. The highest BCUT2D eigenvalue weighted by molar-refractivity contribution is 7.86. The number of rotatable bonds is 3. The van der Waals surface area contributed by atoms with Crippen molar-refractivity contribution in [2.75, 3.05) is 18.3 Å². The van der Waals surface area contributed by atoms with Crippen LogP contribution in [0.5, 0.6) is 5.75 Å². The molecule has 0 bridgehead atoms. The molecule has 1 aliphatic rings. The summed E-state index contributed by atoms with van der Waals surface area (Å²) in [5.74, 6) is 1.23. The molecular weight excluding hydrogens is 356 g/mol. The van der Waals surface area contributed by atoms with Gasteiger partial charge in [-0.15, -0.1) is 0 Å². The van der Waals surface area contributed by atoms with Crippen LogP contribution in [0.25, 0.3) is 5.76 Å². The molecule has 0 radical (unpaired) electrons. The molecule has 1 unspecified atom stereocenters. The van der Waals surface area contributed by atoms with Gasteiger partial charge in [0.25, 0.3) is 0 Å². The predicted molar refractivity (Wildman–Crippen MR) is 94.3 cm³/mol. The number of nitrogens with zero attached hydrogens (tertiary/aromatic N) is 1. The van der Waals surface area contributed by atoms with Gasteiger partial charge in [-0.2, -0.15) is 0 Å². The number of methoxy groups -OCH3 is 1. The van der Waals surface area contributed by atoms with Gasteiger partial charge in [0.15, 0.2) is 0 Å². The molecule has 0 fully saturated rings. The van der Waals surface area contributed by atoms with E-state index >= 15 is 0 Å². The largest absolute Gasteiger partial charge is 0.497 e. The Balaban J connectivity index is 1.87. The van der Waals surface area contributed by atoms with E-state index < -0.39 is 6.87 Å². The first kappa shape index (κ1) is 16.3. The molecule has 0 saturated heterocycles. The van der Waals surface area contributed by atoms with Crippen LogP contribution in [0.2, 0.25) is 5.02 Å². The zero-order valence-electron chi connectivity index (χ0n) is 12.3. The van der Waals surface area contributed by atoms with Crippen molar-refractivity contribution in [1.82, 2.24) is 0 Å². The second-order valence-electron chi connectivity index (χ2n) is 4.90. The van der Waals surface area contributed by atoms with E-state index in [-0.39, 0.29) is 0 Å². The van der Waals surface area contributed by atoms with E-state index in [0.29, 0.717) is 23.0 Å². The molecule has 1 heterocycles. The Morgan fingerprint density at radius 1 is 1.13 bits per heavy atom. The van der Waals surface area contributed by atoms with Crippen molar-refractivity contribution in [1.29, 1.82) is 0 Å². The summed E-state index contributed by atoms with van der Waals surface area (Å²) in [6.07, 6.45) is 1.84. The van der Waals surface area contributed by atoms with Crippen molar-refractivity contribution in [3.8, 4) is 5.75 Å². The molecule has 2 aromatic rings. The van der Waals surface area contributed by atoms with Crippen LogP contribution in [-0.4, -0.2) is 13.7 Å². The Morgan fingerprint density at radius 2 is 1.78 bits per heavy atom. The molecule has 23 heavy (non-hydrogen) atoms. The quantitative estimate of drug-likeness (QED) is 0.662. The molecule has 4 nitrogen and oxygen atoms in total. The van der Waals surface area contributed by atoms with Gasteiger partial charge in [0.1, 0.15) is 11.5 Å². The zero-order chi connectivity index (χ0) is 16.4. The third kappa shape index (κ3) is 3.50. The van der Waals surface area contributed by atoms with Gasteiger partial charge in [0.05, 0.1) is 13.7 Å². The van der Waals surface area contributed by atoms with E-state index in [1.807, 2.05) is 30.3 Å². The van der Waals surface area contributed by atoms with E-state index in [4.69, 9.17) is 32.1 Å². The minimum absolute atomic E-state index is 0.379. The van der Waals surface area contributed by atoms with Crippen LogP contribution in [0, 0.1) is 0 Å². The van der Waals surface area contributed by atoms with Crippen LogP contribution in [-0.2, 0) is 9.09 Å². The molecule has 1 atom stereocenters. The summed E-state index contributed by atoms with van der Waals surface area (Å²) in [6, 6.07) is 14.2. The second kappa shape index (κ2) is 6.48. The van der Waals surface area contributed by atoms with E-state index in [0.717, 1.165) is 11.3 Å². The summed E-state index contributed by atoms with van der Waals surface area (Å²) in [4.78, 5) is 0. The van der Waals surface area contributed by atoms with Gasteiger partial charge in [0, 0.05) is 27.5 Å². The highest BCUT2D eigenvalue weighted by Crippen LogP contribution is 2.62. The summed E-state index contributed by atoms with van der Waals surface area (Å²) < 4.78 is 24.9. The fraction of sp³-hybridized carbons (Fsp3) is 0.125. The molecule has 0 amide bonds. The van der Waals surface area contributed by atoms with Gasteiger partial charge in [-0.1, -0.05) is 11.6 Å². The third-order valence-electron chi connectivity index (χ3n) is 3.45. The molecular formula is C16H14Cl2NO3P. The zero-order valence-corrected chi connectivity index (χ0v) is 14.7. The topological polar surface area (TPSA) is 38.8 Å². The maximum absolute atomic E-state index is 12.7. The van der Waals surface area contributed by atoms with E-state index in [9.17, 15) is 4.57 Å². The number of anilines is 1. The normalized spacial score (nSPS) is 20.7. The molecule has 120 valence electrons. The van der Waals surface area contributed by atoms with E-state index in [2.05, 4.69) is 0 Å². The van der Waals surface area contributed by atoms with Gasteiger partial charge in [-0.05, 0) is 54.6 Å². The van der Waals surface area contributed by atoms with Gasteiger partial charge in [0.2, 0.25) is 0 Å². The minimum atomic E-state index is -3.51. The molecule has 0 N–H and O–H groups in total. The van der Waals surface area contributed by atoms with Crippen LogP contribution < -0.4 is 9.41 Å². The van der Waals surface area contributed by atoms with Crippen molar-refractivity contribution in [2.24, 2.45) is 0 Å². The van der Waals surface area contributed by atoms with Crippen LogP contribution in [0.4, 0.5) is 5.69 Å². The first-order valence-corrected chi connectivity index (χ1v) is 9.73. The standard InChI is InChI=1S/C16H14Cl2NO3P/c1-21-15-8-2-12(3-9-15)16-10-11-19(23(18,20)22-16)14-6-4-13(17)5-7-14/h2-10H,11H2,1H3. The molecule has 2 aromatic carbocycles. The molecule has 7 heteroatoms. The molecule has 3 rings (SSSR count). The second-order valence-corrected chi connectivity index (χ2v) is 8.18. The number of hydrogen-bond acceptors (Lipinski definition) is 3. The summed E-state index contributed by atoms with van der Waals surface area (Å²) in [5, 5.41) is 0.602.